The lowest BCUT2D eigenvalue weighted by molar-refractivity contribution is -0.123. The van der Waals surface area contributed by atoms with Gasteiger partial charge in [0.2, 0.25) is 5.91 Å². The summed E-state index contributed by atoms with van der Waals surface area (Å²) < 4.78 is 2.68. The number of H-pyrrole nitrogens is 1. The van der Waals surface area contributed by atoms with Crippen LogP contribution in [0.15, 0.2) is 11.6 Å². The first-order valence-corrected chi connectivity index (χ1v) is 8.81. The Kier molecular flexibility index (Phi) is 4.21. The normalized spacial score (nSPS) is 25.0. The van der Waals surface area contributed by atoms with Gasteiger partial charge < -0.3 is 9.88 Å². The molecule has 2 aliphatic rings. The Balaban J connectivity index is 1.56. The molecule has 1 heterocycles. The summed E-state index contributed by atoms with van der Waals surface area (Å²) in [5.74, 6) is 2.17. The van der Waals surface area contributed by atoms with Crippen molar-refractivity contribution in [2.75, 3.05) is 6.54 Å². The third-order valence-electron chi connectivity index (χ3n) is 5.07. The number of allylic oxidation sites excluding steroid dienone is 2. The SMILES string of the molecule is CC(C)=C[C@@H]1[C@H](C(=O)NCCn2c(C3CC3)n[nH]c2=S)C1(C)C. The molecule has 2 saturated carbocycles. The van der Waals surface area contributed by atoms with Crippen molar-refractivity contribution in [3.8, 4) is 0 Å². The molecular formula is C17H26N4OS. The molecule has 2 aliphatic carbocycles. The van der Waals surface area contributed by atoms with Crippen LogP contribution < -0.4 is 5.32 Å². The molecule has 0 aliphatic heterocycles. The first kappa shape index (κ1) is 16.4. The maximum absolute atomic E-state index is 12.5. The van der Waals surface area contributed by atoms with E-state index in [1.807, 2.05) is 4.57 Å². The third kappa shape index (κ3) is 3.27. The first-order chi connectivity index (χ1) is 10.8. The van der Waals surface area contributed by atoms with Gasteiger partial charge in [0.25, 0.3) is 0 Å². The minimum atomic E-state index is 0.0620. The molecular weight excluding hydrogens is 308 g/mol. The number of amides is 1. The number of carbonyl (C=O) groups excluding carboxylic acids is 1. The second kappa shape index (κ2) is 5.89. The molecule has 0 bridgehead atoms. The van der Waals surface area contributed by atoms with E-state index in [1.165, 1.54) is 18.4 Å². The molecule has 0 unspecified atom stereocenters. The molecule has 2 N–H and O–H groups in total. The molecule has 5 nitrogen and oxygen atoms in total. The second-order valence-electron chi connectivity index (χ2n) is 7.67. The summed E-state index contributed by atoms with van der Waals surface area (Å²) >= 11 is 5.29. The van der Waals surface area contributed by atoms with Crippen molar-refractivity contribution in [2.45, 2.75) is 53.0 Å². The van der Waals surface area contributed by atoms with Crippen LogP contribution in [-0.4, -0.2) is 27.2 Å². The monoisotopic (exact) mass is 334 g/mol. The summed E-state index contributed by atoms with van der Waals surface area (Å²) in [6.45, 7) is 9.79. The average molecular weight is 334 g/mol. The van der Waals surface area contributed by atoms with Crippen LogP contribution in [0, 0.1) is 22.0 Å². The lowest BCUT2D eigenvalue weighted by Gasteiger charge is -2.08. The predicted octanol–water partition coefficient (Wildman–Crippen LogP) is 3.17. The maximum atomic E-state index is 12.5. The van der Waals surface area contributed by atoms with Gasteiger partial charge in [-0.3, -0.25) is 9.89 Å². The Bertz CT molecular complexity index is 692. The van der Waals surface area contributed by atoms with Crippen LogP contribution in [0.3, 0.4) is 0 Å². The Morgan fingerprint density at radius 2 is 2.17 bits per heavy atom. The van der Waals surface area contributed by atoms with Crippen molar-refractivity contribution in [3.63, 3.8) is 0 Å². The summed E-state index contributed by atoms with van der Waals surface area (Å²) in [5, 5.41) is 10.3. The Hall–Kier alpha value is -1.43. The highest BCUT2D eigenvalue weighted by molar-refractivity contribution is 7.71. The number of hydrogen-bond donors (Lipinski definition) is 2. The molecule has 0 saturated heterocycles. The van der Waals surface area contributed by atoms with Gasteiger partial charge in [-0.15, -0.1) is 0 Å². The van der Waals surface area contributed by atoms with Gasteiger partial charge in [0, 0.05) is 19.0 Å². The van der Waals surface area contributed by atoms with Crippen molar-refractivity contribution in [2.24, 2.45) is 17.3 Å². The number of rotatable bonds is 6. The van der Waals surface area contributed by atoms with Gasteiger partial charge in [-0.2, -0.15) is 5.10 Å². The fraction of sp³-hybridized carbons (Fsp3) is 0.706. The number of nitrogens with zero attached hydrogens (tertiary/aromatic N) is 2. The van der Waals surface area contributed by atoms with Gasteiger partial charge in [0.1, 0.15) is 5.82 Å². The summed E-state index contributed by atoms with van der Waals surface area (Å²) in [5.41, 5.74) is 1.34. The fourth-order valence-electron chi connectivity index (χ4n) is 3.45. The predicted molar refractivity (Wildman–Crippen MR) is 92.6 cm³/mol. The van der Waals surface area contributed by atoms with Gasteiger partial charge in [0.05, 0.1) is 5.92 Å². The molecule has 2 fully saturated rings. The van der Waals surface area contributed by atoms with Crippen molar-refractivity contribution < 1.29 is 4.79 Å². The number of carbonyl (C=O) groups is 1. The molecule has 3 rings (SSSR count). The number of aromatic amines is 1. The zero-order valence-corrected chi connectivity index (χ0v) is 15.2. The smallest absolute Gasteiger partial charge is 0.224 e. The minimum absolute atomic E-state index is 0.0620. The summed E-state index contributed by atoms with van der Waals surface area (Å²) in [6, 6.07) is 0. The van der Waals surface area contributed by atoms with E-state index in [2.05, 4.69) is 49.3 Å². The van der Waals surface area contributed by atoms with E-state index in [1.54, 1.807) is 0 Å². The van der Waals surface area contributed by atoms with Crippen molar-refractivity contribution >= 4 is 18.1 Å². The van der Waals surface area contributed by atoms with Crippen molar-refractivity contribution in [1.82, 2.24) is 20.1 Å². The molecule has 6 heteroatoms. The Labute approximate surface area is 142 Å². The summed E-state index contributed by atoms with van der Waals surface area (Å²) in [7, 11) is 0. The largest absolute Gasteiger partial charge is 0.354 e. The molecule has 1 aromatic rings. The van der Waals surface area contributed by atoms with Crippen LogP contribution in [0.5, 0.6) is 0 Å². The molecule has 0 aromatic carbocycles. The number of nitrogens with one attached hydrogen (secondary N) is 2. The molecule has 126 valence electrons. The maximum Gasteiger partial charge on any atom is 0.224 e. The van der Waals surface area contributed by atoms with Gasteiger partial charge in [-0.1, -0.05) is 25.5 Å². The lowest BCUT2D eigenvalue weighted by atomic mass is 10.1. The van der Waals surface area contributed by atoms with E-state index in [-0.39, 0.29) is 17.2 Å². The Morgan fingerprint density at radius 3 is 2.78 bits per heavy atom. The average Bonchev–Trinajstić information content (AvgIpc) is 3.33. The van der Waals surface area contributed by atoms with Crippen LogP contribution in [0.2, 0.25) is 0 Å². The quantitative estimate of drug-likeness (QED) is 0.620. The van der Waals surface area contributed by atoms with Crippen LogP contribution in [0.25, 0.3) is 0 Å². The van der Waals surface area contributed by atoms with Gasteiger partial charge in [-0.05, 0) is 50.2 Å². The topological polar surface area (TPSA) is 62.7 Å². The van der Waals surface area contributed by atoms with E-state index < -0.39 is 0 Å². The van der Waals surface area contributed by atoms with Crippen LogP contribution >= 0.6 is 12.2 Å². The van der Waals surface area contributed by atoms with Crippen molar-refractivity contribution in [1.29, 1.82) is 0 Å². The Morgan fingerprint density at radius 1 is 1.48 bits per heavy atom. The standard InChI is InChI=1S/C17H26N4OS/c1-10(2)9-12-13(17(12,3)4)15(22)18-7-8-21-14(11-5-6-11)19-20-16(21)23/h9,11-13H,5-8H2,1-4H3,(H,18,22)(H,20,23)/t12-,13-/m1/s1. The second-order valence-corrected chi connectivity index (χ2v) is 8.06. The molecule has 0 radical (unpaired) electrons. The lowest BCUT2D eigenvalue weighted by Crippen LogP contribution is -2.30. The van der Waals surface area contributed by atoms with Crippen LogP contribution in [0.1, 0.15) is 52.3 Å². The van der Waals surface area contributed by atoms with Crippen LogP contribution in [0.4, 0.5) is 0 Å². The molecule has 1 aromatic heterocycles. The van der Waals surface area contributed by atoms with E-state index >= 15 is 0 Å². The van der Waals surface area contributed by atoms with E-state index in [0.29, 0.717) is 29.7 Å². The van der Waals surface area contributed by atoms with Crippen molar-refractivity contribution in [3.05, 3.63) is 22.2 Å². The highest BCUT2D eigenvalue weighted by atomic mass is 32.1. The third-order valence-corrected chi connectivity index (χ3v) is 5.38. The van der Waals surface area contributed by atoms with Gasteiger partial charge in [0.15, 0.2) is 4.77 Å². The molecule has 23 heavy (non-hydrogen) atoms. The zero-order chi connectivity index (χ0) is 16.8. The fourth-order valence-corrected chi connectivity index (χ4v) is 3.68. The molecule has 1 amide bonds. The molecule has 2 atom stereocenters. The highest BCUT2D eigenvalue weighted by Gasteiger charge is 2.60. The van der Waals surface area contributed by atoms with E-state index in [0.717, 1.165) is 5.82 Å². The molecule has 0 spiro atoms. The van der Waals surface area contributed by atoms with E-state index in [4.69, 9.17) is 12.2 Å². The van der Waals surface area contributed by atoms with Gasteiger partial charge in [-0.25, -0.2) is 0 Å². The summed E-state index contributed by atoms with van der Waals surface area (Å²) in [4.78, 5) is 12.5. The minimum Gasteiger partial charge on any atom is -0.354 e. The van der Waals surface area contributed by atoms with E-state index in [9.17, 15) is 4.79 Å². The van der Waals surface area contributed by atoms with Gasteiger partial charge >= 0.3 is 0 Å². The number of hydrogen-bond acceptors (Lipinski definition) is 3. The zero-order valence-electron chi connectivity index (χ0n) is 14.3. The van der Waals surface area contributed by atoms with Crippen LogP contribution in [-0.2, 0) is 11.3 Å². The summed E-state index contributed by atoms with van der Waals surface area (Å²) in [6.07, 6.45) is 4.60. The number of aromatic nitrogens is 3. The first-order valence-electron chi connectivity index (χ1n) is 8.40. The highest BCUT2D eigenvalue weighted by Crippen LogP contribution is 2.59.